The molecule has 0 bridgehead atoms. The molecule has 0 aromatic heterocycles. The highest BCUT2D eigenvalue weighted by Gasteiger charge is 2.42. The highest BCUT2D eigenvalue weighted by Crippen LogP contribution is 2.35. The van der Waals surface area contributed by atoms with Gasteiger partial charge in [-0.25, -0.2) is 0 Å². The van der Waals surface area contributed by atoms with E-state index in [1.807, 2.05) is 0 Å². The molecule has 0 spiro atoms. The number of benzene rings is 7. The Morgan fingerprint density at radius 1 is 0.417 bits per heavy atom. The zero-order valence-electron chi connectivity index (χ0n) is 26.7. The van der Waals surface area contributed by atoms with Crippen molar-refractivity contribution in [3.05, 3.63) is 194 Å². The lowest BCUT2D eigenvalue weighted by molar-refractivity contribution is -0.308. The molecule has 48 heavy (non-hydrogen) atoms. The van der Waals surface area contributed by atoms with E-state index in [-0.39, 0.29) is 13.0 Å². The van der Waals surface area contributed by atoms with Crippen LogP contribution in [0.5, 0.6) is 0 Å². The summed E-state index contributed by atoms with van der Waals surface area (Å²) in [6.45, 7) is 0.576. The second kappa shape index (κ2) is 13.5. The van der Waals surface area contributed by atoms with Crippen LogP contribution in [-0.4, -0.2) is 24.4 Å². The molecule has 1 atom stereocenters. The average Bonchev–Trinajstić information content (AvgIpc) is 3.19. The largest absolute Gasteiger partial charge is 0.696 e. The highest BCUT2D eigenvalue weighted by atomic mass is 16.4. The van der Waals surface area contributed by atoms with Crippen molar-refractivity contribution in [1.29, 1.82) is 0 Å². The molecule has 8 rings (SSSR count). The van der Waals surface area contributed by atoms with Crippen LogP contribution in [0.3, 0.4) is 0 Å². The van der Waals surface area contributed by atoms with E-state index in [1.165, 1.54) is 50.1 Å². The van der Waals surface area contributed by atoms with Crippen molar-refractivity contribution in [3.8, 4) is 44.5 Å². The fourth-order valence-corrected chi connectivity index (χ4v) is 6.68. The fourth-order valence-electron chi connectivity index (χ4n) is 6.68. The van der Waals surface area contributed by atoms with Crippen LogP contribution in [0.15, 0.2) is 188 Å². The van der Waals surface area contributed by atoms with Crippen molar-refractivity contribution in [2.24, 2.45) is 0 Å². The van der Waals surface area contributed by atoms with E-state index >= 15 is 0 Å². The lowest BCUT2D eigenvalue weighted by atomic mass is 9.70. The van der Waals surface area contributed by atoms with Gasteiger partial charge in [-0.2, -0.15) is 0 Å². The van der Waals surface area contributed by atoms with Gasteiger partial charge in [-0.3, -0.25) is 4.49 Å². The van der Waals surface area contributed by atoms with Gasteiger partial charge in [-0.1, -0.05) is 164 Å². The molecule has 0 fully saturated rings. The Kier molecular flexibility index (Phi) is 8.35. The average molecular weight is 617 g/mol. The molecule has 2 nitrogen and oxygen atoms in total. The first-order valence-corrected chi connectivity index (χ1v) is 16.6. The first kappa shape index (κ1) is 29.6. The molecule has 1 aliphatic rings. The van der Waals surface area contributed by atoms with E-state index in [0.29, 0.717) is 6.61 Å². The van der Waals surface area contributed by atoms with Gasteiger partial charge >= 0.3 is 7.05 Å². The summed E-state index contributed by atoms with van der Waals surface area (Å²) in [5.41, 5.74) is 13.0. The van der Waals surface area contributed by atoms with Gasteiger partial charge in [0.2, 0.25) is 0 Å². The topological polar surface area (TPSA) is 12.2 Å². The lowest BCUT2D eigenvalue weighted by Gasteiger charge is -2.24. The molecule has 1 unspecified atom stereocenters. The maximum absolute atomic E-state index is 6.88. The van der Waals surface area contributed by atoms with Crippen LogP contribution < -0.4 is 5.46 Å². The van der Waals surface area contributed by atoms with Crippen molar-refractivity contribution in [3.63, 3.8) is 0 Å². The Labute approximate surface area is 283 Å². The van der Waals surface area contributed by atoms with Crippen LogP contribution in [-0.2, 0) is 4.65 Å². The Morgan fingerprint density at radius 3 is 1.21 bits per heavy atom. The van der Waals surface area contributed by atoms with E-state index in [4.69, 9.17) is 4.65 Å². The molecule has 3 heteroatoms. The van der Waals surface area contributed by atoms with Gasteiger partial charge in [0.1, 0.15) is 6.21 Å². The van der Waals surface area contributed by atoms with Crippen LogP contribution in [0.2, 0.25) is 0 Å². The normalized spacial score (nSPS) is 14.4. The summed E-state index contributed by atoms with van der Waals surface area (Å²) in [7, 11) is -0.261. The third-order valence-electron chi connectivity index (χ3n) is 9.14. The van der Waals surface area contributed by atoms with Gasteiger partial charge in [-0.05, 0) is 62.2 Å². The summed E-state index contributed by atoms with van der Waals surface area (Å²) >= 11 is 0. The molecule has 0 amide bonds. The summed E-state index contributed by atoms with van der Waals surface area (Å²) in [5.74, 6) is 0.0386. The molecular weight excluding hydrogens is 581 g/mol. The molecule has 0 saturated heterocycles. The van der Waals surface area contributed by atoms with Gasteiger partial charge in [0.25, 0.3) is 0 Å². The molecule has 1 aliphatic heterocycles. The maximum atomic E-state index is 6.88. The highest BCUT2D eigenvalue weighted by molar-refractivity contribution is 6.61. The summed E-state index contributed by atoms with van der Waals surface area (Å²) in [6.07, 6.45) is 2.39. The third-order valence-corrected chi connectivity index (χ3v) is 9.14. The van der Waals surface area contributed by atoms with Crippen molar-refractivity contribution in [1.82, 2.24) is 0 Å². The smallest absolute Gasteiger partial charge is 0.368 e. The standard InChI is InChI=1S/C45H35BNO/c1-6-16-34(17-7-1)38-26-39(35-18-8-2-9-19-35)28-40(27-38)43-32-47(46(48-33-43)44-24-14-5-15-25-44)45-30-41(36-20-10-3-11-21-36)29-42(31-45)37-22-12-4-13-23-37/h1-32,43H,33H2/q+1. The van der Waals surface area contributed by atoms with Crippen molar-refractivity contribution >= 4 is 24.4 Å². The van der Waals surface area contributed by atoms with Crippen LogP contribution in [0, 0.1) is 0 Å². The van der Waals surface area contributed by atoms with Gasteiger partial charge in [0.15, 0.2) is 5.69 Å². The van der Waals surface area contributed by atoms with E-state index < -0.39 is 0 Å². The SMILES string of the molecule is C1=[N+](c2cc(-c3ccccc3)cc(-c3ccccc3)c2)B(c2ccccc2)OCC1c1cc(-c2ccccc2)cc(-c2ccccc2)c1. The quantitative estimate of drug-likeness (QED) is 0.162. The van der Waals surface area contributed by atoms with Crippen LogP contribution in [0.4, 0.5) is 5.69 Å². The van der Waals surface area contributed by atoms with Gasteiger partial charge in [0, 0.05) is 17.6 Å². The van der Waals surface area contributed by atoms with Crippen LogP contribution in [0.1, 0.15) is 11.5 Å². The van der Waals surface area contributed by atoms with Gasteiger partial charge in [-0.15, -0.1) is 0 Å². The predicted octanol–water partition coefficient (Wildman–Crippen LogP) is 10.3. The second-order valence-electron chi connectivity index (χ2n) is 12.3. The maximum Gasteiger partial charge on any atom is 0.696 e. The van der Waals surface area contributed by atoms with Crippen LogP contribution >= 0.6 is 0 Å². The number of hydrogen-bond donors (Lipinski definition) is 0. The molecule has 0 aliphatic carbocycles. The molecule has 0 saturated carbocycles. The molecule has 0 N–H and O–H groups in total. The monoisotopic (exact) mass is 616 g/mol. The summed E-state index contributed by atoms with van der Waals surface area (Å²) in [5, 5.41) is 0. The van der Waals surface area contributed by atoms with Crippen molar-refractivity contribution in [2.75, 3.05) is 6.61 Å². The molecule has 7 aromatic carbocycles. The van der Waals surface area contributed by atoms with Gasteiger partial charge in [0.05, 0.1) is 12.5 Å². The molecular formula is C45H35BNO+. The predicted molar refractivity (Wildman–Crippen MR) is 201 cm³/mol. The number of rotatable bonds is 7. The minimum absolute atomic E-state index is 0.0386. The van der Waals surface area contributed by atoms with E-state index in [0.717, 1.165) is 11.2 Å². The minimum atomic E-state index is -0.261. The first-order chi connectivity index (χ1) is 23.8. The Bertz CT molecular complexity index is 2050. The zero-order chi connectivity index (χ0) is 32.1. The summed E-state index contributed by atoms with van der Waals surface area (Å²) in [4.78, 5) is 0. The number of hydrogen-bond acceptors (Lipinski definition) is 1. The fraction of sp³-hybridized carbons (Fsp3) is 0.0444. The third kappa shape index (κ3) is 6.29. The molecule has 7 aromatic rings. The zero-order valence-corrected chi connectivity index (χ0v) is 26.7. The Balaban J connectivity index is 1.31. The minimum Gasteiger partial charge on any atom is -0.368 e. The van der Waals surface area contributed by atoms with Crippen molar-refractivity contribution < 1.29 is 9.14 Å². The molecule has 0 radical (unpaired) electrons. The molecule has 228 valence electrons. The molecule has 1 heterocycles. The lowest BCUT2D eigenvalue weighted by Crippen LogP contribution is -2.48. The second-order valence-corrected chi connectivity index (χ2v) is 12.3. The van der Waals surface area contributed by atoms with Crippen molar-refractivity contribution in [2.45, 2.75) is 5.92 Å². The van der Waals surface area contributed by atoms with E-state index in [1.54, 1.807) is 0 Å². The Morgan fingerprint density at radius 2 is 0.792 bits per heavy atom. The Hall–Kier alpha value is -5.77. The van der Waals surface area contributed by atoms with Crippen LogP contribution in [0.25, 0.3) is 44.5 Å². The summed E-state index contributed by atoms with van der Waals surface area (Å²) < 4.78 is 9.22. The summed E-state index contributed by atoms with van der Waals surface area (Å²) in [6, 6.07) is 67.1. The van der Waals surface area contributed by atoms with E-state index in [9.17, 15) is 0 Å². The van der Waals surface area contributed by atoms with Gasteiger partial charge < -0.3 is 4.65 Å². The van der Waals surface area contributed by atoms with E-state index in [2.05, 4.69) is 199 Å². The first-order valence-electron chi connectivity index (χ1n) is 16.6. The number of nitrogens with zero attached hydrogens (tertiary/aromatic N) is 1.